The van der Waals surface area contributed by atoms with Gasteiger partial charge in [0, 0.05) is 11.5 Å². The maximum atomic E-state index is 12.3. The highest BCUT2D eigenvalue weighted by atomic mass is 79.9. The van der Waals surface area contributed by atoms with E-state index >= 15 is 0 Å². The van der Waals surface area contributed by atoms with E-state index in [9.17, 15) is 8.42 Å². The van der Waals surface area contributed by atoms with Crippen LogP contribution in [0.2, 0.25) is 0 Å². The molecule has 1 aliphatic heterocycles. The number of hydrogen-bond donors (Lipinski definition) is 1. The van der Waals surface area contributed by atoms with Gasteiger partial charge in [-0.05, 0) is 53.5 Å². The predicted octanol–water partition coefficient (Wildman–Crippen LogP) is 1.82. The summed E-state index contributed by atoms with van der Waals surface area (Å²) in [6, 6.07) is 7.35. The first-order chi connectivity index (χ1) is 8.50. The SMILES string of the molecule is CN(c1ccccc1Br)S(=O)(=O)CC1CCNC1. The van der Waals surface area contributed by atoms with Crippen molar-refractivity contribution in [1.82, 2.24) is 5.32 Å². The molecule has 0 spiro atoms. The summed E-state index contributed by atoms with van der Waals surface area (Å²) in [6.07, 6.45) is 0.934. The van der Waals surface area contributed by atoms with Gasteiger partial charge in [0.2, 0.25) is 10.0 Å². The summed E-state index contributed by atoms with van der Waals surface area (Å²) in [7, 11) is -1.65. The monoisotopic (exact) mass is 332 g/mol. The van der Waals surface area contributed by atoms with Gasteiger partial charge in [-0.2, -0.15) is 0 Å². The molecule has 6 heteroatoms. The summed E-state index contributed by atoms with van der Waals surface area (Å²) >= 11 is 3.38. The van der Waals surface area contributed by atoms with Crippen molar-refractivity contribution in [3.05, 3.63) is 28.7 Å². The molecule has 1 aromatic rings. The summed E-state index contributed by atoms with van der Waals surface area (Å²) < 4.78 is 26.8. The average molecular weight is 333 g/mol. The molecular weight excluding hydrogens is 316 g/mol. The molecule has 0 aromatic heterocycles. The Labute approximate surface area is 117 Å². The first kappa shape index (κ1) is 13.8. The van der Waals surface area contributed by atoms with Crippen molar-refractivity contribution >= 4 is 31.6 Å². The third-order valence-corrected chi connectivity index (χ3v) is 5.81. The van der Waals surface area contributed by atoms with E-state index < -0.39 is 10.0 Å². The molecule has 18 heavy (non-hydrogen) atoms. The maximum Gasteiger partial charge on any atom is 0.235 e. The summed E-state index contributed by atoms with van der Waals surface area (Å²) in [4.78, 5) is 0. The lowest BCUT2D eigenvalue weighted by Gasteiger charge is -2.22. The van der Waals surface area contributed by atoms with Crippen molar-refractivity contribution in [2.45, 2.75) is 6.42 Å². The fourth-order valence-corrected chi connectivity index (χ4v) is 4.35. The van der Waals surface area contributed by atoms with Crippen LogP contribution in [0.15, 0.2) is 28.7 Å². The van der Waals surface area contributed by atoms with Crippen LogP contribution in [0.25, 0.3) is 0 Å². The van der Waals surface area contributed by atoms with E-state index in [1.54, 1.807) is 13.1 Å². The third-order valence-electron chi connectivity index (χ3n) is 3.22. The van der Waals surface area contributed by atoms with Gasteiger partial charge in [-0.15, -0.1) is 0 Å². The largest absolute Gasteiger partial charge is 0.316 e. The van der Waals surface area contributed by atoms with Gasteiger partial charge >= 0.3 is 0 Å². The van der Waals surface area contributed by atoms with Gasteiger partial charge in [0.1, 0.15) is 0 Å². The lowest BCUT2D eigenvalue weighted by Crippen LogP contribution is -2.32. The van der Waals surface area contributed by atoms with Gasteiger partial charge in [0.25, 0.3) is 0 Å². The van der Waals surface area contributed by atoms with Crippen LogP contribution in [0.1, 0.15) is 6.42 Å². The Bertz CT molecular complexity index is 513. The summed E-state index contributed by atoms with van der Waals surface area (Å²) in [5, 5.41) is 3.19. The van der Waals surface area contributed by atoms with E-state index in [1.807, 2.05) is 18.2 Å². The first-order valence-electron chi connectivity index (χ1n) is 5.92. The zero-order valence-corrected chi connectivity index (χ0v) is 12.7. The van der Waals surface area contributed by atoms with Crippen LogP contribution in [-0.4, -0.2) is 34.3 Å². The lowest BCUT2D eigenvalue weighted by atomic mass is 10.2. The topological polar surface area (TPSA) is 49.4 Å². The molecule has 0 bridgehead atoms. The maximum absolute atomic E-state index is 12.3. The zero-order valence-electron chi connectivity index (χ0n) is 10.3. The fraction of sp³-hybridized carbons (Fsp3) is 0.500. The van der Waals surface area contributed by atoms with E-state index in [0.29, 0.717) is 5.69 Å². The number of para-hydroxylation sites is 1. The fourth-order valence-electron chi connectivity index (χ4n) is 2.12. The molecule has 0 aliphatic carbocycles. The number of nitrogens with zero attached hydrogens (tertiary/aromatic N) is 1. The summed E-state index contributed by atoms with van der Waals surface area (Å²) in [5.74, 6) is 0.428. The number of anilines is 1. The summed E-state index contributed by atoms with van der Waals surface area (Å²) in [5.41, 5.74) is 0.684. The molecule has 1 atom stereocenters. The first-order valence-corrected chi connectivity index (χ1v) is 8.33. The highest BCUT2D eigenvalue weighted by Crippen LogP contribution is 2.27. The molecule has 0 saturated carbocycles. The normalized spacial score (nSPS) is 20.0. The van der Waals surface area contributed by atoms with E-state index in [0.717, 1.165) is 24.0 Å². The van der Waals surface area contributed by atoms with Gasteiger partial charge in [0.05, 0.1) is 11.4 Å². The molecular formula is C12H17BrN2O2S. The number of halogens is 1. The minimum atomic E-state index is -3.26. The quantitative estimate of drug-likeness (QED) is 0.915. The highest BCUT2D eigenvalue weighted by Gasteiger charge is 2.26. The van der Waals surface area contributed by atoms with E-state index in [1.165, 1.54) is 4.31 Å². The van der Waals surface area contributed by atoms with Gasteiger partial charge < -0.3 is 5.32 Å². The second kappa shape index (κ2) is 5.59. The average Bonchev–Trinajstić information content (AvgIpc) is 2.81. The third kappa shape index (κ3) is 3.05. The minimum absolute atomic E-state index is 0.206. The Kier molecular flexibility index (Phi) is 4.29. The van der Waals surface area contributed by atoms with Crippen LogP contribution >= 0.6 is 15.9 Å². The molecule has 0 radical (unpaired) electrons. The number of hydrogen-bond acceptors (Lipinski definition) is 3. The molecule has 100 valence electrons. The zero-order chi connectivity index (χ0) is 13.2. The number of nitrogens with one attached hydrogen (secondary N) is 1. The number of sulfonamides is 1. The van der Waals surface area contributed by atoms with Crippen LogP contribution in [-0.2, 0) is 10.0 Å². The van der Waals surface area contributed by atoms with Gasteiger partial charge in [0.15, 0.2) is 0 Å². The van der Waals surface area contributed by atoms with Crippen LogP contribution in [0, 0.1) is 5.92 Å². The Morgan fingerprint density at radius 1 is 1.44 bits per heavy atom. The highest BCUT2D eigenvalue weighted by molar-refractivity contribution is 9.10. The second-order valence-corrected chi connectivity index (χ2v) is 7.46. The molecule has 1 fully saturated rings. The van der Waals surface area contributed by atoms with Gasteiger partial charge in [-0.25, -0.2) is 8.42 Å². The molecule has 1 saturated heterocycles. The van der Waals surface area contributed by atoms with Crippen LogP contribution in [0.4, 0.5) is 5.69 Å². The molecule has 0 amide bonds. The van der Waals surface area contributed by atoms with Crippen molar-refractivity contribution in [2.75, 3.05) is 30.2 Å². The standard InChI is InChI=1S/C12H17BrN2O2S/c1-15(12-5-3-2-4-11(12)13)18(16,17)9-10-6-7-14-8-10/h2-5,10,14H,6-9H2,1H3. The Balaban J connectivity index is 2.16. The Morgan fingerprint density at radius 3 is 2.78 bits per heavy atom. The van der Waals surface area contributed by atoms with Gasteiger partial charge in [-0.3, -0.25) is 4.31 Å². The van der Waals surface area contributed by atoms with E-state index in [4.69, 9.17) is 0 Å². The van der Waals surface area contributed by atoms with E-state index in [-0.39, 0.29) is 11.7 Å². The minimum Gasteiger partial charge on any atom is -0.316 e. The molecule has 1 N–H and O–H groups in total. The smallest absolute Gasteiger partial charge is 0.235 e. The van der Waals surface area contributed by atoms with Crippen molar-refractivity contribution < 1.29 is 8.42 Å². The summed E-state index contributed by atoms with van der Waals surface area (Å²) in [6.45, 7) is 1.71. The van der Waals surface area contributed by atoms with Crippen LogP contribution < -0.4 is 9.62 Å². The molecule has 2 rings (SSSR count). The Morgan fingerprint density at radius 2 is 2.17 bits per heavy atom. The molecule has 1 aliphatic rings. The van der Waals surface area contributed by atoms with Crippen LogP contribution in [0.3, 0.4) is 0 Å². The Hall–Kier alpha value is -0.590. The van der Waals surface area contributed by atoms with Crippen molar-refractivity contribution in [3.63, 3.8) is 0 Å². The van der Waals surface area contributed by atoms with Crippen molar-refractivity contribution in [2.24, 2.45) is 5.92 Å². The lowest BCUT2D eigenvalue weighted by molar-refractivity contribution is 0.569. The number of benzene rings is 1. The molecule has 1 aromatic carbocycles. The van der Waals surface area contributed by atoms with Crippen molar-refractivity contribution in [3.8, 4) is 0 Å². The molecule has 1 heterocycles. The number of rotatable bonds is 4. The van der Waals surface area contributed by atoms with E-state index in [2.05, 4.69) is 21.2 Å². The van der Waals surface area contributed by atoms with Gasteiger partial charge in [-0.1, -0.05) is 12.1 Å². The molecule has 4 nitrogen and oxygen atoms in total. The molecule has 1 unspecified atom stereocenters. The van der Waals surface area contributed by atoms with Crippen LogP contribution in [0.5, 0.6) is 0 Å². The van der Waals surface area contributed by atoms with Crippen molar-refractivity contribution in [1.29, 1.82) is 0 Å². The second-order valence-electron chi connectivity index (χ2n) is 4.56. The predicted molar refractivity (Wildman–Crippen MR) is 77.3 cm³/mol.